The first-order valence-electron chi connectivity index (χ1n) is 5.62. The molecule has 2 rings (SSSR count). The first-order valence-corrected chi connectivity index (χ1v) is 5.62. The Hall–Kier alpha value is -0.610. The van der Waals surface area contributed by atoms with Crippen molar-refractivity contribution < 1.29 is 19.0 Å². The van der Waals surface area contributed by atoms with Crippen molar-refractivity contribution in [1.82, 2.24) is 0 Å². The van der Waals surface area contributed by atoms with Crippen LogP contribution in [0.1, 0.15) is 26.2 Å². The van der Waals surface area contributed by atoms with Crippen LogP contribution in [0.25, 0.3) is 0 Å². The van der Waals surface area contributed by atoms with Crippen molar-refractivity contribution in [1.29, 1.82) is 0 Å². The largest absolute Gasteiger partial charge is 0.466 e. The summed E-state index contributed by atoms with van der Waals surface area (Å²) in [5, 5.41) is 0. The van der Waals surface area contributed by atoms with Crippen LogP contribution >= 0.6 is 0 Å². The van der Waals surface area contributed by atoms with Crippen molar-refractivity contribution in [3.63, 3.8) is 0 Å². The molecule has 15 heavy (non-hydrogen) atoms. The van der Waals surface area contributed by atoms with Crippen molar-refractivity contribution in [2.75, 3.05) is 26.4 Å². The van der Waals surface area contributed by atoms with E-state index >= 15 is 0 Å². The van der Waals surface area contributed by atoms with Gasteiger partial charge in [-0.3, -0.25) is 4.79 Å². The second-order valence-corrected chi connectivity index (χ2v) is 4.28. The highest BCUT2D eigenvalue weighted by molar-refractivity contribution is 5.70. The van der Waals surface area contributed by atoms with E-state index in [9.17, 15) is 4.79 Å². The van der Waals surface area contributed by atoms with Crippen molar-refractivity contribution in [2.24, 2.45) is 5.41 Å². The molecule has 2 saturated heterocycles. The molecule has 0 spiro atoms. The molecule has 4 heteroatoms. The summed E-state index contributed by atoms with van der Waals surface area (Å²) in [6, 6.07) is 0. The third-order valence-electron chi connectivity index (χ3n) is 3.31. The van der Waals surface area contributed by atoms with Crippen LogP contribution in [-0.4, -0.2) is 38.5 Å². The third kappa shape index (κ3) is 2.49. The molecule has 1 unspecified atom stereocenters. The number of hydrogen-bond acceptors (Lipinski definition) is 4. The van der Waals surface area contributed by atoms with E-state index in [-0.39, 0.29) is 17.5 Å². The van der Waals surface area contributed by atoms with Crippen molar-refractivity contribution in [3.8, 4) is 0 Å². The average Bonchev–Trinajstić information content (AvgIpc) is 3.02. The van der Waals surface area contributed by atoms with Crippen LogP contribution in [0, 0.1) is 5.41 Å². The Kier molecular flexibility index (Phi) is 3.26. The lowest BCUT2D eigenvalue weighted by Crippen LogP contribution is -2.37. The summed E-state index contributed by atoms with van der Waals surface area (Å²) in [7, 11) is 0. The molecule has 0 aromatic carbocycles. The summed E-state index contributed by atoms with van der Waals surface area (Å²) in [5.74, 6) is -0.102. The van der Waals surface area contributed by atoms with Gasteiger partial charge in [0.1, 0.15) is 0 Å². The number of ether oxygens (including phenoxy) is 3. The fourth-order valence-corrected chi connectivity index (χ4v) is 2.29. The number of epoxide rings is 1. The maximum absolute atomic E-state index is 11.5. The molecule has 0 aromatic rings. The van der Waals surface area contributed by atoms with E-state index in [0.29, 0.717) is 13.0 Å². The lowest BCUT2D eigenvalue weighted by molar-refractivity contribution is -0.148. The summed E-state index contributed by atoms with van der Waals surface area (Å²) in [6.45, 7) is 4.55. The van der Waals surface area contributed by atoms with Crippen LogP contribution in [0.3, 0.4) is 0 Å². The van der Waals surface area contributed by atoms with Gasteiger partial charge in [0.25, 0.3) is 0 Å². The smallest absolute Gasteiger partial charge is 0.306 e. The molecule has 0 radical (unpaired) electrons. The molecule has 86 valence electrons. The number of carbonyl (C=O) groups excluding carboxylic acids is 1. The second kappa shape index (κ2) is 4.49. The molecule has 0 aliphatic carbocycles. The highest BCUT2D eigenvalue weighted by Gasteiger charge is 2.49. The molecule has 2 aliphatic rings. The Morgan fingerprint density at radius 1 is 1.47 bits per heavy atom. The summed E-state index contributed by atoms with van der Waals surface area (Å²) in [6.07, 6.45) is 2.56. The molecule has 2 heterocycles. The van der Waals surface area contributed by atoms with Gasteiger partial charge in [0.2, 0.25) is 0 Å². The van der Waals surface area contributed by atoms with Gasteiger partial charge in [-0.25, -0.2) is 0 Å². The molecule has 2 aliphatic heterocycles. The molecule has 0 bridgehead atoms. The van der Waals surface area contributed by atoms with Gasteiger partial charge < -0.3 is 14.2 Å². The van der Waals surface area contributed by atoms with Crippen LogP contribution in [0.15, 0.2) is 0 Å². The maximum atomic E-state index is 11.5. The lowest BCUT2D eigenvalue weighted by atomic mass is 9.74. The molecule has 4 nitrogen and oxygen atoms in total. The molecular formula is C11H18O4. The van der Waals surface area contributed by atoms with Crippen LogP contribution in [0.4, 0.5) is 0 Å². The minimum absolute atomic E-state index is 0.00942. The van der Waals surface area contributed by atoms with Gasteiger partial charge in [0.15, 0.2) is 0 Å². The zero-order valence-corrected chi connectivity index (χ0v) is 9.16. The van der Waals surface area contributed by atoms with E-state index in [2.05, 4.69) is 0 Å². The standard InChI is InChI=1S/C11H18O4/c1-2-14-10(12)7-11(9-8-15-9)3-5-13-6-4-11/h9H,2-8H2,1H3. The number of esters is 1. The lowest BCUT2D eigenvalue weighted by Gasteiger charge is -2.34. The van der Waals surface area contributed by atoms with Crippen LogP contribution in [-0.2, 0) is 19.0 Å². The quantitative estimate of drug-likeness (QED) is 0.520. The average molecular weight is 214 g/mol. The topological polar surface area (TPSA) is 48.1 Å². The molecule has 1 atom stereocenters. The minimum Gasteiger partial charge on any atom is -0.466 e. The van der Waals surface area contributed by atoms with E-state index in [1.807, 2.05) is 6.92 Å². The highest BCUT2D eigenvalue weighted by atomic mass is 16.6. The summed E-state index contributed by atoms with van der Waals surface area (Å²) in [5.41, 5.74) is -0.00942. The van der Waals surface area contributed by atoms with Crippen LogP contribution < -0.4 is 0 Å². The van der Waals surface area contributed by atoms with Crippen LogP contribution in [0.2, 0.25) is 0 Å². The monoisotopic (exact) mass is 214 g/mol. The third-order valence-corrected chi connectivity index (χ3v) is 3.31. The van der Waals surface area contributed by atoms with Crippen molar-refractivity contribution in [3.05, 3.63) is 0 Å². The zero-order valence-electron chi connectivity index (χ0n) is 9.16. The Morgan fingerprint density at radius 3 is 2.67 bits per heavy atom. The van der Waals surface area contributed by atoms with E-state index in [1.54, 1.807) is 0 Å². The van der Waals surface area contributed by atoms with Gasteiger partial charge in [-0.2, -0.15) is 0 Å². The van der Waals surface area contributed by atoms with Crippen molar-refractivity contribution in [2.45, 2.75) is 32.3 Å². The summed E-state index contributed by atoms with van der Waals surface area (Å²) in [4.78, 5) is 11.5. The SMILES string of the molecule is CCOC(=O)CC1(C2CO2)CCOCC1. The van der Waals surface area contributed by atoms with Crippen LogP contribution in [0.5, 0.6) is 0 Å². The highest BCUT2D eigenvalue weighted by Crippen LogP contribution is 2.44. The molecule has 0 amide bonds. The fraction of sp³-hybridized carbons (Fsp3) is 0.909. The number of carbonyl (C=O) groups is 1. The molecule has 0 aromatic heterocycles. The Bertz CT molecular complexity index is 229. The first kappa shape index (κ1) is 10.9. The number of hydrogen-bond donors (Lipinski definition) is 0. The Labute approximate surface area is 89.9 Å². The normalized spacial score (nSPS) is 28.5. The van der Waals surface area contributed by atoms with E-state index in [1.165, 1.54) is 0 Å². The van der Waals surface area contributed by atoms with E-state index < -0.39 is 0 Å². The van der Waals surface area contributed by atoms with Gasteiger partial charge in [-0.1, -0.05) is 0 Å². The van der Waals surface area contributed by atoms with Gasteiger partial charge in [0.05, 0.1) is 25.7 Å². The summed E-state index contributed by atoms with van der Waals surface area (Å²) >= 11 is 0. The van der Waals surface area contributed by atoms with Gasteiger partial charge in [0, 0.05) is 18.6 Å². The minimum atomic E-state index is -0.102. The van der Waals surface area contributed by atoms with Gasteiger partial charge in [-0.05, 0) is 19.8 Å². The molecule has 0 saturated carbocycles. The number of rotatable bonds is 4. The second-order valence-electron chi connectivity index (χ2n) is 4.28. The molecule has 2 fully saturated rings. The van der Waals surface area contributed by atoms with E-state index in [0.717, 1.165) is 32.7 Å². The predicted octanol–water partition coefficient (Wildman–Crippen LogP) is 1.14. The molecular weight excluding hydrogens is 196 g/mol. The fourth-order valence-electron chi connectivity index (χ4n) is 2.29. The van der Waals surface area contributed by atoms with Gasteiger partial charge >= 0.3 is 5.97 Å². The Morgan fingerprint density at radius 2 is 2.13 bits per heavy atom. The van der Waals surface area contributed by atoms with Gasteiger partial charge in [-0.15, -0.1) is 0 Å². The maximum Gasteiger partial charge on any atom is 0.306 e. The predicted molar refractivity (Wildman–Crippen MR) is 53.5 cm³/mol. The first-order chi connectivity index (χ1) is 7.27. The Balaban J connectivity index is 1.95. The van der Waals surface area contributed by atoms with E-state index in [4.69, 9.17) is 14.2 Å². The summed E-state index contributed by atoms with van der Waals surface area (Å²) < 4.78 is 15.7. The van der Waals surface area contributed by atoms with Crippen molar-refractivity contribution >= 4 is 5.97 Å². The molecule has 0 N–H and O–H groups in total. The zero-order chi connectivity index (χ0) is 10.7.